The number of aromatic nitrogens is 6. The molecule has 0 aliphatic carbocycles. The zero-order chi connectivity index (χ0) is 24.9. The number of nitrogens with one attached hydrogen (secondary N) is 2. The maximum atomic E-state index is 15.4. The molecular weight excluding hydrogens is 483 g/mol. The van der Waals surface area contributed by atoms with E-state index in [-0.39, 0.29) is 11.3 Å². The van der Waals surface area contributed by atoms with Gasteiger partial charge in [-0.3, -0.25) is 14.8 Å². The van der Waals surface area contributed by atoms with E-state index in [4.69, 9.17) is 0 Å². The van der Waals surface area contributed by atoms with Crippen LogP contribution in [0.2, 0.25) is 0 Å². The Hall–Kier alpha value is -4.26. The van der Waals surface area contributed by atoms with Crippen LogP contribution in [-0.2, 0) is 10.0 Å². The highest BCUT2D eigenvalue weighted by molar-refractivity contribution is 7.92. The van der Waals surface area contributed by atoms with Crippen LogP contribution in [0.3, 0.4) is 0 Å². The maximum Gasteiger partial charge on any atom is 0.263 e. The number of hydrogen-bond acceptors (Lipinski definition) is 6. The van der Waals surface area contributed by atoms with Crippen LogP contribution >= 0.6 is 0 Å². The molecule has 9 nitrogen and oxygen atoms in total. The SMILES string of the molecule is Cc1nc(-c2ncn3cc(-c4c(F)ccc(NS(=O)(=O)c5cc(F)cnc5C)c4F)ccc23)n[nH]1. The maximum absolute atomic E-state index is 15.4. The third-order valence-electron chi connectivity index (χ3n) is 5.26. The van der Waals surface area contributed by atoms with E-state index >= 15 is 4.39 Å². The molecule has 178 valence electrons. The number of aryl methyl sites for hydroxylation is 2. The molecule has 5 aromatic rings. The Kier molecular flexibility index (Phi) is 5.28. The summed E-state index contributed by atoms with van der Waals surface area (Å²) in [5.41, 5.74) is 0.261. The van der Waals surface area contributed by atoms with Crippen molar-refractivity contribution in [3.63, 3.8) is 0 Å². The third-order valence-corrected chi connectivity index (χ3v) is 6.74. The third kappa shape index (κ3) is 3.99. The van der Waals surface area contributed by atoms with Crippen LogP contribution in [0.4, 0.5) is 18.9 Å². The van der Waals surface area contributed by atoms with Crippen molar-refractivity contribution in [2.45, 2.75) is 18.7 Å². The lowest BCUT2D eigenvalue weighted by atomic mass is 10.0. The molecule has 0 unspecified atom stereocenters. The van der Waals surface area contributed by atoms with Crippen molar-refractivity contribution < 1.29 is 21.6 Å². The quantitative estimate of drug-likeness (QED) is 0.377. The fraction of sp³-hybridized carbons (Fsp3) is 0.0909. The van der Waals surface area contributed by atoms with Crippen LogP contribution in [0.1, 0.15) is 11.5 Å². The zero-order valence-corrected chi connectivity index (χ0v) is 19.0. The number of nitrogens with zero attached hydrogens (tertiary/aromatic N) is 5. The van der Waals surface area contributed by atoms with Gasteiger partial charge in [0.15, 0.2) is 5.82 Å². The van der Waals surface area contributed by atoms with Gasteiger partial charge in [0.05, 0.1) is 28.7 Å². The summed E-state index contributed by atoms with van der Waals surface area (Å²) < 4.78 is 72.9. The summed E-state index contributed by atoms with van der Waals surface area (Å²) >= 11 is 0. The van der Waals surface area contributed by atoms with Crippen molar-refractivity contribution in [3.05, 3.63) is 78.0 Å². The van der Waals surface area contributed by atoms with Gasteiger partial charge in [0, 0.05) is 11.8 Å². The molecule has 0 bridgehead atoms. The monoisotopic (exact) mass is 499 g/mol. The molecule has 0 aliphatic heterocycles. The van der Waals surface area contributed by atoms with Crippen molar-refractivity contribution in [3.8, 4) is 22.6 Å². The van der Waals surface area contributed by atoms with Gasteiger partial charge in [0.1, 0.15) is 34.4 Å². The lowest BCUT2D eigenvalue weighted by Crippen LogP contribution is -2.16. The molecule has 0 saturated heterocycles. The van der Waals surface area contributed by atoms with Crippen LogP contribution in [-0.4, -0.2) is 38.0 Å². The minimum absolute atomic E-state index is 0.0182. The minimum Gasteiger partial charge on any atom is -0.305 e. The number of anilines is 1. The van der Waals surface area contributed by atoms with Gasteiger partial charge < -0.3 is 4.40 Å². The predicted molar refractivity (Wildman–Crippen MR) is 120 cm³/mol. The molecule has 0 radical (unpaired) electrons. The molecule has 0 spiro atoms. The molecule has 0 fully saturated rings. The Morgan fingerprint density at radius 3 is 2.60 bits per heavy atom. The van der Waals surface area contributed by atoms with Crippen LogP contribution in [0, 0.1) is 31.3 Å². The molecular formula is C22H16F3N7O2S. The van der Waals surface area contributed by atoms with E-state index in [9.17, 15) is 17.2 Å². The summed E-state index contributed by atoms with van der Waals surface area (Å²) in [6, 6.07) is 5.73. The largest absolute Gasteiger partial charge is 0.305 e. The van der Waals surface area contributed by atoms with Crippen molar-refractivity contribution in [1.82, 2.24) is 29.5 Å². The van der Waals surface area contributed by atoms with Crippen molar-refractivity contribution >= 4 is 21.2 Å². The molecule has 0 atom stereocenters. The summed E-state index contributed by atoms with van der Waals surface area (Å²) in [6.07, 6.45) is 3.76. The van der Waals surface area contributed by atoms with Crippen LogP contribution in [0.25, 0.3) is 28.2 Å². The summed E-state index contributed by atoms with van der Waals surface area (Å²) in [5.74, 6) is -1.94. The summed E-state index contributed by atoms with van der Waals surface area (Å²) in [6.45, 7) is 3.11. The van der Waals surface area contributed by atoms with Crippen LogP contribution in [0.5, 0.6) is 0 Å². The summed E-state index contributed by atoms with van der Waals surface area (Å²) in [4.78, 5) is 11.7. The average molecular weight is 499 g/mol. The second-order valence-electron chi connectivity index (χ2n) is 7.67. The zero-order valence-electron chi connectivity index (χ0n) is 18.2. The van der Waals surface area contributed by atoms with E-state index in [0.717, 1.165) is 24.4 Å². The second-order valence-corrected chi connectivity index (χ2v) is 9.33. The van der Waals surface area contributed by atoms with Gasteiger partial charge in [-0.25, -0.2) is 31.6 Å². The molecule has 0 aliphatic rings. The van der Waals surface area contributed by atoms with Crippen molar-refractivity contribution in [2.75, 3.05) is 4.72 Å². The van der Waals surface area contributed by atoms with Crippen molar-refractivity contribution in [1.29, 1.82) is 0 Å². The lowest BCUT2D eigenvalue weighted by Gasteiger charge is -2.14. The predicted octanol–water partition coefficient (Wildman–Crippen LogP) is 4.02. The molecule has 2 N–H and O–H groups in total. The Bertz CT molecular complexity index is 1710. The number of benzene rings is 1. The Morgan fingerprint density at radius 1 is 1.06 bits per heavy atom. The van der Waals surface area contributed by atoms with E-state index in [2.05, 4.69) is 29.9 Å². The highest BCUT2D eigenvalue weighted by atomic mass is 32.2. The number of pyridine rings is 2. The first kappa shape index (κ1) is 22.5. The fourth-order valence-corrected chi connectivity index (χ4v) is 4.89. The normalized spacial score (nSPS) is 11.8. The number of imidazole rings is 1. The molecule has 0 amide bonds. The highest BCUT2D eigenvalue weighted by Crippen LogP contribution is 2.33. The Labute approximate surface area is 196 Å². The molecule has 35 heavy (non-hydrogen) atoms. The number of aromatic amines is 1. The van der Waals surface area contributed by atoms with Crippen molar-refractivity contribution in [2.24, 2.45) is 0 Å². The van der Waals surface area contributed by atoms with Gasteiger partial charge >= 0.3 is 0 Å². The first-order chi connectivity index (χ1) is 16.6. The van der Waals surface area contributed by atoms with Gasteiger partial charge in [-0.05, 0) is 38.1 Å². The first-order valence-electron chi connectivity index (χ1n) is 10.1. The number of fused-ring (bicyclic) bond motifs is 1. The van der Waals surface area contributed by atoms with Crippen LogP contribution in [0.15, 0.2) is 53.9 Å². The Balaban J connectivity index is 1.56. The number of hydrogen-bond donors (Lipinski definition) is 2. The molecule has 13 heteroatoms. The lowest BCUT2D eigenvalue weighted by molar-refractivity contribution is 0.584. The minimum atomic E-state index is -4.41. The van der Waals surface area contributed by atoms with E-state index in [1.54, 1.807) is 17.4 Å². The molecule has 5 rings (SSSR count). The second kappa shape index (κ2) is 8.20. The fourth-order valence-electron chi connectivity index (χ4n) is 3.63. The molecule has 1 aromatic carbocycles. The Morgan fingerprint density at radius 2 is 1.86 bits per heavy atom. The van der Waals surface area contributed by atoms with E-state index in [1.165, 1.54) is 25.5 Å². The van der Waals surface area contributed by atoms with E-state index < -0.39 is 43.6 Å². The standard InChI is InChI=1S/C22H16F3N7O2S/c1-11-18(7-14(23)8-26-11)35(33,34)31-16-5-4-15(24)19(20(16)25)13-3-6-17-21(27-10-32(17)9-13)22-28-12(2)29-30-22/h3-10,31H,1-2H3,(H,28,29,30). The van der Waals surface area contributed by atoms with Gasteiger partial charge in [-0.2, -0.15) is 5.10 Å². The number of rotatable bonds is 5. The van der Waals surface area contributed by atoms with E-state index in [0.29, 0.717) is 22.9 Å². The van der Waals surface area contributed by atoms with Gasteiger partial charge in [-0.1, -0.05) is 6.07 Å². The summed E-state index contributed by atoms with van der Waals surface area (Å²) in [7, 11) is -4.41. The van der Waals surface area contributed by atoms with Gasteiger partial charge in [0.2, 0.25) is 5.82 Å². The van der Waals surface area contributed by atoms with Crippen LogP contribution < -0.4 is 4.72 Å². The van der Waals surface area contributed by atoms with Gasteiger partial charge in [-0.15, -0.1) is 0 Å². The molecule has 4 heterocycles. The summed E-state index contributed by atoms with van der Waals surface area (Å²) in [5, 5.41) is 6.80. The number of halogens is 3. The molecule has 4 aromatic heterocycles. The first-order valence-corrected chi connectivity index (χ1v) is 11.6. The molecule has 0 saturated carbocycles. The topological polar surface area (TPSA) is 118 Å². The highest BCUT2D eigenvalue weighted by Gasteiger charge is 2.24. The number of H-pyrrole nitrogens is 1. The number of sulfonamides is 1. The van der Waals surface area contributed by atoms with E-state index in [1.807, 2.05) is 0 Å². The average Bonchev–Trinajstić information content (AvgIpc) is 3.43. The van der Waals surface area contributed by atoms with Gasteiger partial charge in [0.25, 0.3) is 10.0 Å². The smallest absolute Gasteiger partial charge is 0.263 e.